The van der Waals surface area contributed by atoms with Crippen LogP contribution in [0.2, 0.25) is 0 Å². The third-order valence-electron chi connectivity index (χ3n) is 2.53. The van der Waals surface area contributed by atoms with Crippen molar-refractivity contribution in [2.75, 3.05) is 6.54 Å². The molecule has 1 aliphatic rings. The maximum Gasteiger partial charge on any atom is 0.141 e. The monoisotopic (exact) mass is 180 g/mol. The SMILES string of the molecule is Cc1ncc(F)cc1[C@H]1CCCN1. The Morgan fingerprint density at radius 3 is 3.15 bits per heavy atom. The maximum absolute atomic E-state index is 12.9. The van der Waals surface area contributed by atoms with E-state index in [9.17, 15) is 4.39 Å². The highest BCUT2D eigenvalue weighted by atomic mass is 19.1. The predicted octanol–water partition coefficient (Wildman–Crippen LogP) is 1.95. The Balaban J connectivity index is 2.32. The zero-order chi connectivity index (χ0) is 9.26. The molecule has 0 unspecified atom stereocenters. The molecular formula is C10H13FN2. The van der Waals surface area contributed by atoms with Crippen molar-refractivity contribution in [3.05, 3.63) is 29.3 Å². The van der Waals surface area contributed by atoms with E-state index in [0.29, 0.717) is 6.04 Å². The summed E-state index contributed by atoms with van der Waals surface area (Å²) in [4.78, 5) is 4.01. The zero-order valence-corrected chi connectivity index (χ0v) is 7.68. The van der Waals surface area contributed by atoms with E-state index in [2.05, 4.69) is 10.3 Å². The molecule has 2 rings (SSSR count). The van der Waals surface area contributed by atoms with Gasteiger partial charge in [0, 0.05) is 11.7 Å². The van der Waals surface area contributed by atoms with Crippen molar-refractivity contribution in [2.45, 2.75) is 25.8 Å². The zero-order valence-electron chi connectivity index (χ0n) is 7.68. The van der Waals surface area contributed by atoms with E-state index < -0.39 is 0 Å². The van der Waals surface area contributed by atoms with Crippen molar-refractivity contribution < 1.29 is 4.39 Å². The molecular weight excluding hydrogens is 167 g/mol. The Bertz CT molecular complexity index is 306. The van der Waals surface area contributed by atoms with Gasteiger partial charge >= 0.3 is 0 Å². The summed E-state index contributed by atoms with van der Waals surface area (Å²) in [6, 6.07) is 1.90. The molecule has 0 bridgehead atoms. The molecule has 1 aromatic rings. The smallest absolute Gasteiger partial charge is 0.141 e. The molecule has 1 saturated heterocycles. The predicted molar refractivity (Wildman–Crippen MR) is 48.9 cm³/mol. The molecule has 0 spiro atoms. The number of aromatic nitrogens is 1. The number of halogens is 1. The number of hydrogen-bond donors (Lipinski definition) is 1. The Morgan fingerprint density at radius 2 is 2.46 bits per heavy atom. The summed E-state index contributed by atoms with van der Waals surface area (Å²) in [7, 11) is 0. The standard InChI is InChI=1S/C10H13FN2/c1-7-9(5-8(11)6-13-7)10-3-2-4-12-10/h5-6,10,12H,2-4H2,1H3/t10-/m1/s1. The highest BCUT2D eigenvalue weighted by Gasteiger charge is 2.18. The van der Waals surface area contributed by atoms with Crippen LogP contribution >= 0.6 is 0 Å². The molecule has 1 N–H and O–H groups in total. The first-order valence-electron chi connectivity index (χ1n) is 4.63. The van der Waals surface area contributed by atoms with Crippen LogP contribution in [-0.2, 0) is 0 Å². The number of hydrogen-bond acceptors (Lipinski definition) is 2. The fourth-order valence-electron chi connectivity index (χ4n) is 1.83. The van der Waals surface area contributed by atoms with Gasteiger partial charge in [-0.15, -0.1) is 0 Å². The topological polar surface area (TPSA) is 24.9 Å². The Kier molecular flexibility index (Phi) is 2.27. The quantitative estimate of drug-likeness (QED) is 0.714. The Labute approximate surface area is 77.2 Å². The van der Waals surface area contributed by atoms with Crippen LogP contribution in [0, 0.1) is 12.7 Å². The van der Waals surface area contributed by atoms with Gasteiger partial charge in [-0.2, -0.15) is 0 Å². The van der Waals surface area contributed by atoms with Crippen molar-refractivity contribution in [2.24, 2.45) is 0 Å². The molecule has 1 fully saturated rings. The molecule has 13 heavy (non-hydrogen) atoms. The van der Waals surface area contributed by atoms with Crippen LogP contribution in [0.4, 0.5) is 4.39 Å². The second kappa shape index (κ2) is 3.42. The summed E-state index contributed by atoms with van der Waals surface area (Å²) in [5.74, 6) is -0.241. The molecule has 0 radical (unpaired) electrons. The number of aryl methyl sites for hydroxylation is 1. The van der Waals surface area contributed by atoms with Crippen LogP contribution in [0.15, 0.2) is 12.3 Å². The van der Waals surface area contributed by atoms with E-state index in [4.69, 9.17) is 0 Å². The van der Waals surface area contributed by atoms with E-state index in [0.717, 1.165) is 24.2 Å². The molecule has 3 heteroatoms. The average Bonchev–Trinajstić information content (AvgIpc) is 2.61. The third-order valence-corrected chi connectivity index (χ3v) is 2.53. The summed E-state index contributed by atoms with van der Waals surface area (Å²) < 4.78 is 12.9. The lowest BCUT2D eigenvalue weighted by atomic mass is 10.0. The molecule has 2 nitrogen and oxygen atoms in total. The minimum atomic E-state index is -0.241. The van der Waals surface area contributed by atoms with E-state index in [-0.39, 0.29) is 5.82 Å². The van der Waals surface area contributed by atoms with Gasteiger partial charge in [0.25, 0.3) is 0 Å². The molecule has 0 aliphatic carbocycles. The van der Waals surface area contributed by atoms with Crippen molar-refractivity contribution in [1.29, 1.82) is 0 Å². The third kappa shape index (κ3) is 1.70. The lowest BCUT2D eigenvalue weighted by Crippen LogP contribution is -2.14. The van der Waals surface area contributed by atoms with E-state index in [1.54, 1.807) is 6.07 Å². The summed E-state index contributed by atoms with van der Waals surface area (Å²) in [6.07, 6.45) is 3.53. The van der Waals surface area contributed by atoms with Gasteiger partial charge in [0.05, 0.1) is 6.20 Å². The molecule has 1 aromatic heterocycles. The Hall–Kier alpha value is -0.960. The van der Waals surface area contributed by atoms with Crippen LogP contribution in [-0.4, -0.2) is 11.5 Å². The highest BCUT2D eigenvalue weighted by molar-refractivity contribution is 5.24. The first kappa shape index (κ1) is 8.63. The molecule has 1 atom stereocenters. The summed E-state index contributed by atoms with van der Waals surface area (Å²) in [5.41, 5.74) is 1.94. The Morgan fingerprint density at radius 1 is 1.62 bits per heavy atom. The van der Waals surface area contributed by atoms with Crippen LogP contribution in [0.3, 0.4) is 0 Å². The lowest BCUT2D eigenvalue weighted by Gasteiger charge is -2.12. The van der Waals surface area contributed by atoms with Gasteiger partial charge in [0.2, 0.25) is 0 Å². The number of nitrogens with one attached hydrogen (secondary N) is 1. The van der Waals surface area contributed by atoms with Crippen molar-refractivity contribution in [1.82, 2.24) is 10.3 Å². The van der Waals surface area contributed by atoms with E-state index in [1.165, 1.54) is 12.6 Å². The average molecular weight is 180 g/mol. The second-order valence-electron chi connectivity index (χ2n) is 3.48. The molecule has 2 heterocycles. The summed E-state index contributed by atoms with van der Waals surface area (Å²) in [5, 5.41) is 3.33. The first-order valence-corrected chi connectivity index (χ1v) is 4.63. The summed E-state index contributed by atoms with van der Waals surface area (Å²) in [6.45, 7) is 2.95. The molecule has 1 aliphatic heterocycles. The van der Waals surface area contributed by atoms with Gasteiger partial charge in [0.1, 0.15) is 5.82 Å². The van der Waals surface area contributed by atoms with Crippen LogP contribution in [0.25, 0.3) is 0 Å². The molecule has 0 saturated carbocycles. The van der Waals surface area contributed by atoms with Gasteiger partial charge in [0.15, 0.2) is 0 Å². The van der Waals surface area contributed by atoms with Crippen LogP contribution < -0.4 is 5.32 Å². The van der Waals surface area contributed by atoms with Gasteiger partial charge in [-0.25, -0.2) is 4.39 Å². The van der Waals surface area contributed by atoms with E-state index >= 15 is 0 Å². The summed E-state index contributed by atoms with van der Waals surface area (Å²) >= 11 is 0. The first-order chi connectivity index (χ1) is 6.27. The van der Waals surface area contributed by atoms with Crippen LogP contribution in [0.1, 0.15) is 30.1 Å². The lowest BCUT2D eigenvalue weighted by molar-refractivity contribution is 0.594. The fraction of sp³-hybridized carbons (Fsp3) is 0.500. The highest BCUT2D eigenvalue weighted by Crippen LogP contribution is 2.24. The fourth-order valence-corrected chi connectivity index (χ4v) is 1.83. The number of rotatable bonds is 1. The minimum absolute atomic E-state index is 0.241. The van der Waals surface area contributed by atoms with Gasteiger partial charge in [-0.1, -0.05) is 0 Å². The molecule has 0 amide bonds. The molecule has 70 valence electrons. The van der Waals surface area contributed by atoms with Gasteiger partial charge in [-0.05, 0) is 37.9 Å². The van der Waals surface area contributed by atoms with Crippen molar-refractivity contribution >= 4 is 0 Å². The molecule has 0 aromatic carbocycles. The second-order valence-corrected chi connectivity index (χ2v) is 3.48. The maximum atomic E-state index is 12.9. The van der Waals surface area contributed by atoms with Gasteiger partial charge in [-0.3, -0.25) is 4.98 Å². The van der Waals surface area contributed by atoms with Crippen LogP contribution in [0.5, 0.6) is 0 Å². The van der Waals surface area contributed by atoms with Gasteiger partial charge < -0.3 is 5.32 Å². The number of nitrogens with zero attached hydrogens (tertiary/aromatic N) is 1. The minimum Gasteiger partial charge on any atom is -0.310 e. The number of pyridine rings is 1. The van der Waals surface area contributed by atoms with Crippen molar-refractivity contribution in [3.63, 3.8) is 0 Å². The normalized spacial score (nSPS) is 22.2. The largest absolute Gasteiger partial charge is 0.310 e. The van der Waals surface area contributed by atoms with Crippen molar-refractivity contribution in [3.8, 4) is 0 Å². The van der Waals surface area contributed by atoms with E-state index in [1.807, 2.05) is 6.92 Å².